The summed E-state index contributed by atoms with van der Waals surface area (Å²) in [6.07, 6.45) is 0.624. The molecule has 4 nitrogen and oxygen atoms in total. The molecule has 1 unspecified atom stereocenters. The lowest BCUT2D eigenvalue weighted by molar-refractivity contribution is -0.134. The lowest BCUT2D eigenvalue weighted by Crippen LogP contribution is -2.14. The van der Waals surface area contributed by atoms with Crippen molar-refractivity contribution in [2.45, 2.75) is 17.1 Å². The Morgan fingerprint density at radius 1 is 1.09 bits per heavy atom. The summed E-state index contributed by atoms with van der Waals surface area (Å²) in [5.41, 5.74) is 0.810. The van der Waals surface area contributed by atoms with Gasteiger partial charge in [0.05, 0.1) is 4.90 Å². The van der Waals surface area contributed by atoms with E-state index in [2.05, 4.69) is 0 Å². The zero-order valence-corrected chi connectivity index (χ0v) is 13.1. The third-order valence-corrected chi connectivity index (χ3v) is 5.51. The van der Waals surface area contributed by atoms with Crippen LogP contribution in [0.4, 0.5) is 4.39 Å². The van der Waals surface area contributed by atoms with Crippen LogP contribution in [0.1, 0.15) is 16.4 Å². The summed E-state index contributed by atoms with van der Waals surface area (Å²) in [4.78, 5) is 10.8. The molecule has 1 N–H and O–H groups in total. The van der Waals surface area contributed by atoms with Gasteiger partial charge in [0.25, 0.3) is 0 Å². The second-order valence-corrected chi connectivity index (χ2v) is 7.00. The number of hydrogen-bond acceptors (Lipinski definition) is 3. The summed E-state index contributed by atoms with van der Waals surface area (Å²) >= 11 is 0. The van der Waals surface area contributed by atoms with Gasteiger partial charge >= 0.3 is 5.97 Å². The fourth-order valence-electron chi connectivity index (χ4n) is 2.22. The minimum atomic E-state index is -3.99. The quantitative estimate of drug-likeness (QED) is 0.850. The van der Waals surface area contributed by atoms with Crippen molar-refractivity contribution in [3.05, 3.63) is 77.6 Å². The first-order chi connectivity index (χ1) is 10.8. The minimum absolute atomic E-state index is 0.0447. The molecule has 0 saturated carbocycles. The number of aryl methyl sites for hydroxylation is 1. The average molecular weight is 334 g/mol. The van der Waals surface area contributed by atoms with Crippen molar-refractivity contribution in [3.8, 4) is 0 Å². The topological polar surface area (TPSA) is 71.4 Å². The molecule has 0 heterocycles. The van der Waals surface area contributed by atoms with Crippen LogP contribution in [0.15, 0.2) is 71.4 Å². The molecule has 1 atom stereocenters. The van der Waals surface area contributed by atoms with Crippen molar-refractivity contribution in [2.75, 3.05) is 0 Å². The molecule has 23 heavy (non-hydrogen) atoms. The molecule has 0 saturated heterocycles. The molecule has 0 fully saturated rings. The van der Waals surface area contributed by atoms with Crippen molar-refractivity contribution < 1.29 is 22.7 Å². The third kappa shape index (κ3) is 3.65. The van der Waals surface area contributed by atoms with Gasteiger partial charge in [-0.25, -0.2) is 13.2 Å². The highest BCUT2D eigenvalue weighted by molar-refractivity contribution is 7.92. The maximum absolute atomic E-state index is 13.6. The summed E-state index contributed by atoms with van der Waals surface area (Å²) in [6, 6.07) is 14.3. The van der Waals surface area contributed by atoms with Gasteiger partial charge in [-0.1, -0.05) is 48.5 Å². The number of benzene rings is 2. The summed E-state index contributed by atoms with van der Waals surface area (Å²) in [6.45, 7) is 1.63. The smallest absolute Gasteiger partial charge is 0.364 e. The molecule has 0 radical (unpaired) electrons. The van der Waals surface area contributed by atoms with E-state index in [0.29, 0.717) is 17.2 Å². The van der Waals surface area contributed by atoms with Gasteiger partial charge in [0.1, 0.15) is 5.25 Å². The van der Waals surface area contributed by atoms with Gasteiger partial charge in [-0.3, -0.25) is 0 Å². The van der Waals surface area contributed by atoms with Crippen LogP contribution >= 0.6 is 0 Å². The first kappa shape index (κ1) is 16.9. The molecule has 2 aromatic carbocycles. The van der Waals surface area contributed by atoms with Crippen molar-refractivity contribution in [2.24, 2.45) is 0 Å². The normalized spacial score (nSPS) is 13.6. The number of carboxylic acid groups (broad SMARTS) is 1. The molecule has 0 amide bonds. The van der Waals surface area contributed by atoms with Crippen molar-refractivity contribution in [3.63, 3.8) is 0 Å². The fourth-order valence-corrected chi connectivity index (χ4v) is 4.10. The van der Waals surface area contributed by atoms with Crippen LogP contribution in [0.3, 0.4) is 0 Å². The van der Waals surface area contributed by atoms with E-state index in [-0.39, 0.29) is 4.90 Å². The predicted molar refractivity (Wildman–Crippen MR) is 84.4 cm³/mol. The molecule has 0 aromatic heterocycles. The Bertz CT molecular complexity index is 842. The van der Waals surface area contributed by atoms with E-state index in [0.717, 1.165) is 0 Å². The van der Waals surface area contributed by atoms with E-state index < -0.39 is 26.9 Å². The Hall–Kier alpha value is -2.47. The van der Waals surface area contributed by atoms with E-state index in [1.165, 1.54) is 18.2 Å². The number of sulfone groups is 1. The number of carboxylic acids is 1. The molecule has 0 aliphatic carbocycles. The van der Waals surface area contributed by atoms with Crippen LogP contribution in [0.25, 0.3) is 0 Å². The van der Waals surface area contributed by atoms with Crippen LogP contribution in [0.2, 0.25) is 0 Å². The summed E-state index contributed by atoms with van der Waals surface area (Å²) in [5, 5.41) is 7.31. The summed E-state index contributed by atoms with van der Waals surface area (Å²) in [5.74, 6) is -3.30. The lowest BCUT2D eigenvalue weighted by Gasteiger charge is -2.16. The molecule has 0 spiro atoms. The summed E-state index contributed by atoms with van der Waals surface area (Å²) in [7, 11) is -3.99. The molecule has 6 heteroatoms. The van der Waals surface area contributed by atoms with E-state index in [9.17, 15) is 17.6 Å². The summed E-state index contributed by atoms with van der Waals surface area (Å²) < 4.78 is 39.4. The molecular formula is C17H15FO4S. The van der Waals surface area contributed by atoms with Crippen molar-refractivity contribution in [1.82, 2.24) is 0 Å². The Balaban J connectivity index is 2.65. The van der Waals surface area contributed by atoms with Crippen LogP contribution in [0, 0.1) is 6.92 Å². The van der Waals surface area contributed by atoms with Gasteiger partial charge in [0, 0.05) is 0 Å². The van der Waals surface area contributed by atoms with Crippen molar-refractivity contribution >= 4 is 15.8 Å². The van der Waals surface area contributed by atoms with Crippen LogP contribution < -0.4 is 0 Å². The zero-order chi connectivity index (χ0) is 17.0. The second kappa shape index (κ2) is 6.75. The highest BCUT2D eigenvalue weighted by Gasteiger charge is 2.30. The Morgan fingerprint density at radius 3 is 2.22 bits per heavy atom. The second-order valence-electron chi connectivity index (χ2n) is 4.96. The molecule has 0 aliphatic rings. The van der Waals surface area contributed by atoms with E-state index in [4.69, 9.17) is 5.11 Å². The predicted octanol–water partition coefficient (Wildman–Crippen LogP) is 3.45. The van der Waals surface area contributed by atoms with E-state index in [1.807, 2.05) is 0 Å². The number of rotatable bonds is 5. The first-order valence-electron chi connectivity index (χ1n) is 6.79. The molecular weight excluding hydrogens is 319 g/mol. The van der Waals surface area contributed by atoms with Gasteiger partial charge in [0.2, 0.25) is 5.83 Å². The van der Waals surface area contributed by atoms with E-state index in [1.54, 1.807) is 43.3 Å². The molecule has 120 valence electrons. The highest BCUT2D eigenvalue weighted by Crippen LogP contribution is 2.32. The van der Waals surface area contributed by atoms with Gasteiger partial charge < -0.3 is 5.11 Å². The monoisotopic (exact) mass is 334 g/mol. The Labute approximate surface area is 133 Å². The number of carbonyl (C=O) groups is 1. The molecule has 0 bridgehead atoms. The number of hydrogen-bond donors (Lipinski definition) is 1. The van der Waals surface area contributed by atoms with Crippen LogP contribution in [-0.4, -0.2) is 19.5 Å². The Kier molecular flexibility index (Phi) is 4.95. The number of halogens is 1. The van der Waals surface area contributed by atoms with Crippen LogP contribution in [-0.2, 0) is 14.6 Å². The molecule has 2 aromatic rings. The maximum atomic E-state index is 13.6. The average Bonchev–Trinajstić information content (AvgIpc) is 2.53. The standard InChI is InChI=1S/C17H15FO4S/c1-12-7-5-6-10-15(12)23(21,22)16(11-14(18)17(19)20)13-8-3-2-4-9-13/h2-11,16H,1H3,(H,19,20)/b14-11-. The third-order valence-electron chi connectivity index (χ3n) is 3.36. The minimum Gasteiger partial charge on any atom is -0.476 e. The van der Waals surface area contributed by atoms with Gasteiger partial charge in [0.15, 0.2) is 9.84 Å². The highest BCUT2D eigenvalue weighted by atomic mass is 32.2. The first-order valence-corrected chi connectivity index (χ1v) is 8.33. The van der Waals surface area contributed by atoms with E-state index >= 15 is 0 Å². The number of aliphatic carboxylic acids is 1. The largest absolute Gasteiger partial charge is 0.476 e. The SMILES string of the molecule is Cc1ccccc1S(=O)(=O)C(/C=C(\F)C(=O)O)c1ccccc1. The molecule has 2 rings (SSSR count). The zero-order valence-electron chi connectivity index (χ0n) is 12.3. The van der Waals surface area contributed by atoms with Gasteiger partial charge in [-0.05, 0) is 30.2 Å². The van der Waals surface area contributed by atoms with Gasteiger partial charge in [-0.2, -0.15) is 4.39 Å². The maximum Gasteiger partial charge on any atom is 0.364 e. The fraction of sp³-hybridized carbons (Fsp3) is 0.118. The molecule has 0 aliphatic heterocycles. The van der Waals surface area contributed by atoms with Crippen LogP contribution in [0.5, 0.6) is 0 Å². The Morgan fingerprint density at radius 2 is 1.65 bits per heavy atom. The van der Waals surface area contributed by atoms with Crippen molar-refractivity contribution in [1.29, 1.82) is 0 Å². The van der Waals surface area contributed by atoms with Gasteiger partial charge in [-0.15, -0.1) is 0 Å². The lowest BCUT2D eigenvalue weighted by atomic mass is 10.1.